The van der Waals surface area contributed by atoms with Gasteiger partial charge in [0.1, 0.15) is 5.52 Å². The number of hydrogen-bond donors (Lipinski definition) is 0. The van der Waals surface area contributed by atoms with Crippen LogP contribution in [0.4, 0.5) is 5.69 Å². The van der Waals surface area contributed by atoms with E-state index < -0.39 is 0 Å². The number of carbonyl (C=O) groups excluding carboxylic acids is 1. The predicted octanol–water partition coefficient (Wildman–Crippen LogP) is 3.59. The summed E-state index contributed by atoms with van der Waals surface area (Å²) in [5, 5.41) is 0. The molecule has 0 radical (unpaired) electrons. The molecule has 5 nitrogen and oxygen atoms in total. The maximum Gasteiger partial charge on any atom is 0.395 e. The number of nitrogens with zero attached hydrogens (tertiary/aromatic N) is 2. The number of fused-ring (bicyclic) bond motifs is 1. The first-order chi connectivity index (χ1) is 11.2. The zero-order valence-electron chi connectivity index (χ0n) is 12.9. The third kappa shape index (κ3) is 3.32. The van der Waals surface area contributed by atoms with Crippen LogP contribution in [0.1, 0.15) is 0 Å². The molecule has 1 amide bonds. The third-order valence-electron chi connectivity index (χ3n) is 3.41. The van der Waals surface area contributed by atoms with Crippen molar-refractivity contribution in [3.05, 3.63) is 48.5 Å². The van der Waals surface area contributed by atoms with Gasteiger partial charge in [0.2, 0.25) is 0 Å². The molecule has 0 atom stereocenters. The number of thioether (sulfide) groups is 1. The van der Waals surface area contributed by atoms with Gasteiger partial charge in [0, 0.05) is 11.9 Å². The normalized spacial score (nSPS) is 10.7. The number of amides is 1. The second-order valence-corrected chi connectivity index (χ2v) is 5.71. The molecule has 6 heteroatoms. The molecule has 0 N–H and O–H groups in total. The molecule has 1 aromatic heterocycles. The maximum absolute atomic E-state index is 12.3. The molecule has 0 saturated carbocycles. The van der Waals surface area contributed by atoms with Crippen molar-refractivity contribution in [2.45, 2.75) is 4.90 Å². The van der Waals surface area contributed by atoms with Crippen LogP contribution in [-0.2, 0) is 4.79 Å². The van der Waals surface area contributed by atoms with Crippen LogP contribution in [0, 0.1) is 0 Å². The van der Waals surface area contributed by atoms with Gasteiger partial charge in [0.25, 0.3) is 5.91 Å². The van der Waals surface area contributed by atoms with E-state index in [1.165, 1.54) is 0 Å². The Morgan fingerprint density at radius 1 is 1.22 bits per heavy atom. The molecule has 0 fully saturated rings. The van der Waals surface area contributed by atoms with Gasteiger partial charge in [-0.1, -0.05) is 24.3 Å². The molecule has 0 bridgehead atoms. The topological polar surface area (TPSA) is 55.6 Å². The summed E-state index contributed by atoms with van der Waals surface area (Å²) < 4.78 is 10.8. The summed E-state index contributed by atoms with van der Waals surface area (Å²) in [6.07, 6.45) is 2.08. The van der Waals surface area contributed by atoms with Gasteiger partial charge in [-0.05, 0) is 30.5 Å². The Hall–Kier alpha value is -2.47. The lowest BCUT2D eigenvalue weighted by Crippen LogP contribution is -2.31. The highest BCUT2D eigenvalue weighted by Crippen LogP contribution is 2.27. The minimum absolute atomic E-state index is 0.103. The number of aromatic nitrogens is 1. The lowest BCUT2D eigenvalue weighted by Gasteiger charge is -2.19. The first kappa shape index (κ1) is 15.4. The standard InChI is InChI=1S/C17H16N2O3S/c1-19(13-8-4-6-10-15(13)23-2)16(20)11-21-17-18-12-7-3-5-9-14(12)22-17/h3-10H,11H2,1-2H3. The largest absolute Gasteiger partial charge is 0.440 e. The fourth-order valence-corrected chi connectivity index (χ4v) is 2.80. The molecule has 0 saturated heterocycles. The van der Waals surface area contributed by atoms with Crippen LogP contribution in [0.2, 0.25) is 0 Å². The van der Waals surface area contributed by atoms with Gasteiger partial charge in [-0.15, -0.1) is 11.8 Å². The van der Waals surface area contributed by atoms with E-state index in [-0.39, 0.29) is 18.6 Å². The molecule has 0 aliphatic heterocycles. The van der Waals surface area contributed by atoms with Gasteiger partial charge in [0.15, 0.2) is 12.2 Å². The molecule has 2 aromatic carbocycles. The predicted molar refractivity (Wildman–Crippen MR) is 91.1 cm³/mol. The van der Waals surface area contributed by atoms with E-state index in [1.54, 1.807) is 29.8 Å². The monoisotopic (exact) mass is 328 g/mol. The number of oxazole rings is 1. The van der Waals surface area contributed by atoms with Crippen molar-refractivity contribution in [2.75, 3.05) is 24.8 Å². The lowest BCUT2D eigenvalue weighted by atomic mass is 10.3. The van der Waals surface area contributed by atoms with E-state index in [0.29, 0.717) is 11.1 Å². The molecule has 0 aliphatic rings. The smallest absolute Gasteiger partial charge is 0.395 e. The van der Waals surface area contributed by atoms with E-state index in [1.807, 2.05) is 48.7 Å². The zero-order chi connectivity index (χ0) is 16.2. The fourth-order valence-electron chi connectivity index (χ4n) is 2.17. The summed E-state index contributed by atoms with van der Waals surface area (Å²) in [5.74, 6) is -0.172. The zero-order valence-corrected chi connectivity index (χ0v) is 13.7. The summed E-state index contributed by atoms with van der Waals surface area (Å²) in [6.45, 7) is -0.133. The number of anilines is 1. The molecule has 3 aromatic rings. The summed E-state index contributed by atoms with van der Waals surface area (Å²) in [5.41, 5.74) is 2.19. The molecule has 0 spiro atoms. The summed E-state index contributed by atoms with van der Waals surface area (Å²) in [7, 11) is 1.73. The number of benzene rings is 2. The van der Waals surface area contributed by atoms with Crippen molar-refractivity contribution in [3.8, 4) is 6.08 Å². The highest BCUT2D eigenvalue weighted by molar-refractivity contribution is 7.98. The van der Waals surface area contributed by atoms with Gasteiger partial charge in [-0.2, -0.15) is 4.98 Å². The third-order valence-corrected chi connectivity index (χ3v) is 4.20. The first-order valence-electron chi connectivity index (χ1n) is 7.07. The van der Waals surface area contributed by atoms with Crippen molar-refractivity contribution in [3.63, 3.8) is 0 Å². The number of likely N-dealkylation sites (N-methyl/N-ethyl adjacent to an activating group) is 1. The Labute approximate surface area is 138 Å². The van der Waals surface area contributed by atoms with Crippen LogP contribution >= 0.6 is 11.8 Å². The van der Waals surface area contributed by atoms with Crippen LogP contribution in [-0.4, -0.2) is 30.8 Å². The summed E-state index contributed by atoms with van der Waals surface area (Å²) >= 11 is 1.59. The number of ether oxygens (including phenoxy) is 1. The van der Waals surface area contributed by atoms with Crippen molar-refractivity contribution in [1.82, 2.24) is 4.98 Å². The van der Waals surface area contributed by atoms with Crippen molar-refractivity contribution in [1.29, 1.82) is 0 Å². The second kappa shape index (κ2) is 6.75. The Morgan fingerprint density at radius 2 is 1.96 bits per heavy atom. The Bertz CT molecular complexity index is 798. The Morgan fingerprint density at radius 3 is 2.74 bits per heavy atom. The Kier molecular flexibility index (Phi) is 4.52. The summed E-state index contributed by atoms with van der Waals surface area (Å²) in [4.78, 5) is 19.1. The average Bonchev–Trinajstić information content (AvgIpc) is 3.01. The van der Waals surface area contributed by atoms with Gasteiger partial charge < -0.3 is 14.1 Å². The molecule has 118 valence electrons. The number of hydrogen-bond acceptors (Lipinski definition) is 5. The molecular weight excluding hydrogens is 312 g/mol. The molecule has 3 rings (SSSR count). The van der Waals surface area contributed by atoms with Crippen molar-refractivity contribution < 1.29 is 13.9 Å². The summed E-state index contributed by atoms with van der Waals surface area (Å²) in [6, 6.07) is 15.1. The number of para-hydroxylation sites is 3. The minimum Gasteiger partial charge on any atom is -0.440 e. The minimum atomic E-state index is -0.172. The Balaban J connectivity index is 1.69. The molecule has 0 aliphatic carbocycles. The second-order valence-electron chi connectivity index (χ2n) is 4.86. The van der Waals surface area contributed by atoms with Crippen LogP contribution in [0.25, 0.3) is 11.1 Å². The van der Waals surface area contributed by atoms with Crippen molar-refractivity contribution >= 4 is 34.5 Å². The van der Waals surface area contributed by atoms with Gasteiger partial charge in [0.05, 0.1) is 5.69 Å². The lowest BCUT2D eigenvalue weighted by molar-refractivity contribution is -0.120. The SMILES string of the molecule is CSc1ccccc1N(C)C(=O)COc1nc2ccccc2o1. The highest BCUT2D eigenvalue weighted by Gasteiger charge is 2.16. The van der Waals surface area contributed by atoms with E-state index in [0.717, 1.165) is 10.6 Å². The van der Waals surface area contributed by atoms with Crippen molar-refractivity contribution in [2.24, 2.45) is 0 Å². The highest BCUT2D eigenvalue weighted by atomic mass is 32.2. The van der Waals surface area contributed by atoms with E-state index in [4.69, 9.17) is 9.15 Å². The van der Waals surface area contributed by atoms with Crippen LogP contribution in [0.5, 0.6) is 6.08 Å². The number of carbonyl (C=O) groups is 1. The number of rotatable bonds is 5. The van der Waals surface area contributed by atoms with E-state index >= 15 is 0 Å². The molecular formula is C17H16N2O3S. The van der Waals surface area contributed by atoms with Crippen LogP contribution in [0.15, 0.2) is 57.8 Å². The molecule has 1 heterocycles. The molecule has 0 unspecified atom stereocenters. The quantitative estimate of drug-likeness (QED) is 0.670. The van der Waals surface area contributed by atoms with E-state index in [9.17, 15) is 4.79 Å². The first-order valence-corrected chi connectivity index (χ1v) is 8.29. The van der Waals surface area contributed by atoms with E-state index in [2.05, 4.69) is 4.98 Å². The average molecular weight is 328 g/mol. The van der Waals surface area contributed by atoms with Crippen LogP contribution in [0.3, 0.4) is 0 Å². The van der Waals surface area contributed by atoms with Gasteiger partial charge in [-0.3, -0.25) is 4.79 Å². The molecule has 23 heavy (non-hydrogen) atoms. The van der Waals surface area contributed by atoms with Crippen LogP contribution < -0.4 is 9.64 Å². The van der Waals surface area contributed by atoms with Gasteiger partial charge >= 0.3 is 6.08 Å². The fraction of sp³-hybridized carbons (Fsp3) is 0.176. The van der Waals surface area contributed by atoms with Gasteiger partial charge in [-0.25, -0.2) is 0 Å². The maximum atomic E-state index is 12.3.